The van der Waals surface area contributed by atoms with Crippen LogP contribution in [-0.4, -0.2) is 29.0 Å². The molecule has 6 heteroatoms. The van der Waals surface area contributed by atoms with Crippen LogP contribution in [0.2, 0.25) is 0 Å². The van der Waals surface area contributed by atoms with E-state index in [1.165, 1.54) is 12.1 Å². The highest BCUT2D eigenvalue weighted by molar-refractivity contribution is 7.80. The van der Waals surface area contributed by atoms with Gasteiger partial charge in [0.25, 0.3) is 5.91 Å². The van der Waals surface area contributed by atoms with Crippen molar-refractivity contribution in [1.29, 1.82) is 0 Å². The Hall–Kier alpha value is -1.95. The SMILES string of the molecule is CCN(CC)C(=O)C1=C(C)NC(=S)N[C@H]1c1ccc(F)cc1. The van der Waals surface area contributed by atoms with Crippen molar-refractivity contribution >= 4 is 23.2 Å². The van der Waals surface area contributed by atoms with Crippen molar-refractivity contribution in [3.63, 3.8) is 0 Å². The Bertz CT molecular complexity index is 608. The molecule has 0 saturated heterocycles. The number of halogens is 1. The Morgan fingerprint density at radius 2 is 1.86 bits per heavy atom. The molecule has 0 aliphatic carbocycles. The lowest BCUT2D eigenvalue weighted by atomic mass is 9.94. The highest BCUT2D eigenvalue weighted by Crippen LogP contribution is 2.28. The van der Waals surface area contributed by atoms with Crippen molar-refractivity contribution in [2.45, 2.75) is 26.8 Å². The van der Waals surface area contributed by atoms with Gasteiger partial charge in [0.2, 0.25) is 0 Å². The van der Waals surface area contributed by atoms with Crippen LogP contribution in [-0.2, 0) is 4.79 Å². The molecule has 118 valence electrons. The molecule has 0 unspecified atom stereocenters. The zero-order valence-electron chi connectivity index (χ0n) is 12.9. The van der Waals surface area contributed by atoms with Gasteiger partial charge in [0, 0.05) is 18.8 Å². The fourth-order valence-corrected chi connectivity index (χ4v) is 2.83. The molecule has 1 aliphatic rings. The number of hydrogen-bond donors (Lipinski definition) is 2. The van der Waals surface area contributed by atoms with Crippen molar-refractivity contribution in [2.24, 2.45) is 0 Å². The summed E-state index contributed by atoms with van der Waals surface area (Å²) in [5.41, 5.74) is 2.15. The molecule has 0 radical (unpaired) electrons. The van der Waals surface area contributed by atoms with E-state index in [1.54, 1.807) is 17.0 Å². The maximum Gasteiger partial charge on any atom is 0.253 e. The molecule has 0 spiro atoms. The zero-order valence-corrected chi connectivity index (χ0v) is 13.8. The van der Waals surface area contributed by atoms with E-state index >= 15 is 0 Å². The quantitative estimate of drug-likeness (QED) is 0.836. The molecule has 0 aromatic heterocycles. The van der Waals surface area contributed by atoms with Gasteiger partial charge >= 0.3 is 0 Å². The third-order valence-corrected chi connectivity index (χ3v) is 3.97. The Morgan fingerprint density at radius 1 is 1.27 bits per heavy atom. The fraction of sp³-hybridized carbons (Fsp3) is 0.375. The average molecular weight is 321 g/mol. The number of carbonyl (C=O) groups is 1. The summed E-state index contributed by atoms with van der Waals surface area (Å²) in [6, 6.07) is 5.74. The van der Waals surface area contributed by atoms with Crippen LogP contribution in [0.5, 0.6) is 0 Å². The van der Waals surface area contributed by atoms with Crippen molar-refractivity contribution in [1.82, 2.24) is 15.5 Å². The molecule has 0 saturated carbocycles. The first kappa shape index (κ1) is 16.4. The molecule has 1 aliphatic heterocycles. The molecule has 0 bridgehead atoms. The molecule has 4 nitrogen and oxygen atoms in total. The Kier molecular flexibility index (Phi) is 5.13. The van der Waals surface area contributed by atoms with E-state index in [4.69, 9.17) is 12.2 Å². The molecule has 1 aromatic rings. The first-order chi connectivity index (χ1) is 10.5. The van der Waals surface area contributed by atoms with Crippen LogP contribution in [0, 0.1) is 5.82 Å². The third-order valence-electron chi connectivity index (χ3n) is 3.75. The second-order valence-corrected chi connectivity index (χ2v) is 5.51. The van der Waals surface area contributed by atoms with Crippen molar-refractivity contribution in [2.75, 3.05) is 13.1 Å². The van der Waals surface area contributed by atoms with Gasteiger partial charge in [-0.05, 0) is 50.7 Å². The Balaban J connectivity index is 2.45. The minimum Gasteiger partial charge on any atom is -0.351 e. The average Bonchev–Trinajstić information content (AvgIpc) is 2.48. The van der Waals surface area contributed by atoms with Crippen LogP contribution < -0.4 is 10.6 Å². The number of carbonyl (C=O) groups excluding carboxylic acids is 1. The maximum absolute atomic E-state index is 13.2. The monoisotopic (exact) mass is 321 g/mol. The molecule has 1 heterocycles. The maximum atomic E-state index is 13.2. The Morgan fingerprint density at radius 3 is 2.41 bits per heavy atom. The van der Waals surface area contributed by atoms with Crippen LogP contribution >= 0.6 is 12.2 Å². The van der Waals surface area contributed by atoms with E-state index in [9.17, 15) is 9.18 Å². The van der Waals surface area contributed by atoms with Crippen LogP contribution in [0.1, 0.15) is 32.4 Å². The molecule has 1 aromatic carbocycles. The van der Waals surface area contributed by atoms with Crippen LogP contribution in [0.25, 0.3) is 0 Å². The van der Waals surface area contributed by atoms with Crippen LogP contribution in [0.15, 0.2) is 35.5 Å². The summed E-state index contributed by atoms with van der Waals surface area (Å²) in [4.78, 5) is 14.6. The summed E-state index contributed by atoms with van der Waals surface area (Å²) in [6.45, 7) is 6.98. The predicted molar refractivity (Wildman–Crippen MR) is 88.6 cm³/mol. The molecule has 22 heavy (non-hydrogen) atoms. The number of nitrogens with one attached hydrogen (secondary N) is 2. The lowest BCUT2D eigenvalue weighted by Gasteiger charge is -2.33. The van der Waals surface area contributed by atoms with Crippen LogP contribution in [0.3, 0.4) is 0 Å². The summed E-state index contributed by atoms with van der Waals surface area (Å²) in [6.07, 6.45) is 0. The second-order valence-electron chi connectivity index (χ2n) is 5.10. The van der Waals surface area contributed by atoms with Gasteiger partial charge in [-0.25, -0.2) is 4.39 Å². The number of benzene rings is 1. The van der Waals surface area contributed by atoms with Gasteiger partial charge in [-0.3, -0.25) is 4.79 Å². The number of amides is 1. The minimum absolute atomic E-state index is 0.0423. The van der Waals surface area contributed by atoms with Crippen molar-refractivity contribution < 1.29 is 9.18 Å². The number of rotatable bonds is 4. The van der Waals surface area contributed by atoms with Crippen molar-refractivity contribution in [3.05, 3.63) is 46.9 Å². The van der Waals surface area contributed by atoms with Gasteiger partial charge in [0.15, 0.2) is 5.11 Å². The van der Waals surface area contributed by atoms with Gasteiger partial charge in [0.1, 0.15) is 5.82 Å². The number of allylic oxidation sites excluding steroid dienone is 1. The van der Waals surface area contributed by atoms with E-state index in [-0.39, 0.29) is 17.8 Å². The lowest BCUT2D eigenvalue weighted by molar-refractivity contribution is -0.127. The molecule has 0 fully saturated rings. The summed E-state index contributed by atoms with van der Waals surface area (Å²) >= 11 is 5.19. The first-order valence-corrected chi connectivity index (χ1v) is 7.71. The van der Waals surface area contributed by atoms with E-state index in [2.05, 4.69) is 10.6 Å². The predicted octanol–water partition coefficient (Wildman–Crippen LogP) is 2.49. The summed E-state index contributed by atoms with van der Waals surface area (Å²) in [5, 5.41) is 6.57. The minimum atomic E-state index is -0.373. The highest BCUT2D eigenvalue weighted by atomic mass is 32.1. The number of thiocarbonyl (C=S) groups is 1. The number of nitrogens with zero attached hydrogens (tertiary/aromatic N) is 1. The zero-order chi connectivity index (χ0) is 16.3. The van der Waals surface area contributed by atoms with E-state index in [0.29, 0.717) is 23.8 Å². The highest BCUT2D eigenvalue weighted by Gasteiger charge is 2.31. The summed E-state index contributed by atoms with van der Waals surface area (Å²) in [7, 11) is 0. The molecule has 2 N–H and O–H groups in total. The normalized spacial score (nSPS) is 17.8. The standard InChI is InChI=1S/C16H20FN3OS/c1-4-20(5-2)15(21)13-10(3)18-16(22)19-14(13)11-6-8-12(17)9-7-11/h6-9,14H,4-5H2,1-3H3,(H2,18,19,22)/t14-/m0/s1. The second kappa shape index (κ2) is 6.87. The number of likely N-dealkylation sites (N-methyl/N-ethyl adjacent to an activating group) is 1. The van der Waals surface area contributed by atoms with E-state index in [0.717, 1.165) is 11.3 Å². The topological polar surface area (TPSA) is 44.4 Å². The van der Waals surface area contributed by atoms with Gasteiger partial charge in [0.05, 0.1) is 11.6 Å². The van der Waals surface area contributed by atoms with E-state index < -0.39 is 0 Å². The van der Waals surface area contributed by atoms with Crippen LogP contribution in [0.4, 0.5) is 4.39 Å². The van der Waals surface area contributed by atoms with E-state index in [1.807, 2.05) is 20.8 Å². The fourth-order valence-electron chi connectivity index (χ4n) is 2.56. The number of hydrogen-bond acceptors (Lipinski definition) is 2. The van der Waals surface area contributed by atoms with Gasteiger partial charge in [-0.1, -0.05) is 12.1 Å². The van der Waals surface area contributed by atoms with Gasteiger partial charge in [-0.2, -0.15) is 0 Å². The molecule has 2 rings (SSSR count). The molecule has 1 atom stereocenters. The lowest BCUT2D eigenvalue weighted by Crippen LogP contribution is -2.47. The largest absolute Gasteiger partial charge is 0.351 e. The molecular weight excluding hydrogens is 301 g/mol. The Labute approximate surface area is 135 Å². The third kappa shape index (κ3) is 3.27. The molecule has 1 amide bonds. The van der Waals surface area contributed by atoms with Gasteiger partial charge < -0.3 is 15.5 Å². The summed E-state index contributed by atoms with van der Waals surface area (Å²) in [5.74, 6) is -0.350. The smallest absolute Gasteiger partial charge is 0.253 e. The van der Waals surface area contributed by atoms with Gasteiger partial charge in [-0.15, -0.1) is 0 Å². The molecular formula is C16H20FN3OS. The first-order valence-electron chi connectivity index (χ1n) is 7.30. The van der Waals surface area contributed by atoms with Crippen molar-refractivity contribution in [3.8, 4) is 0 Å². The summed E-state index contributed by atoms with van der Waals surface area (Å²) < 4.78 is 13.2.